The van der Waals surface area contributed by atoms with Crippen LogP contribution in [0.4, 0.5) is 5.69 Å². The minimum atomic E-state index is -3.76. The van der Waals surface area contributed by atoms with Gasteiger partial charge in [-0.05, 0) is 35.9 Å². The fourth-order valence-corrected chi connectivity index (χ4v) is 2.42. The quantitative estimate of drug-likeness (QED) is 0.893. The first-order chi connectivity index (χ1) is 10.4. The lowest BCUT2D eigenvalue weighted by molar-refractivity contribution is 0.102. The van der Waals surface area contributed by atoms with Gasteiger partial charge in [0.1, 0.15) is 0 Å². The molecule has 0 aliphatic carbocycles. The summed E-state index contributed by atoms with van der Waals surface area (Å²) < 4.78 is 22.3. The van der Waals surface area contributed by atoms with Crippen LogP contribution in [0, 0.1) is 11.3 Å². The first-order valence-electron chi connectivity index (χ1n) is 6.31. The van der Waals surface area contributed by atoms with Gasteiger partial charge in [-0.15, -0.1) is 0 Å². The van der Waals surface area contributed by atoms with Crippen LogP contribution in [0.5, 0.6) is 0 Å². The number of anilines is 1. The molecule has 0 bridgehead atoms. The van der Waals surface area contributed by atoms with Crippen molar-refractivity contribution in [3.8, 4) is 6.07 Å². The van der Waals surface area contributed by atoms with Crippen LogP contribution in [0.1, 0.15) is 15.9 Å². The molecule has 0 aliphatic heterocycles. The third-order valence-electron chi connectivity index (χ3n) is 2.97. The average molecular weight is 315 g/mol. The third-order valence-corrected chi connectivity index (χ3v) is 3.90. The molecule has 0 heterocycles. The lowest BCUT2D eigenvalue weighted by Gasteiger charge is -2.08. The van der Waals surface area contributed by atoms with E-state index in [2.05, 4.69) is 5.32 Å². The smallest absolute Gasteiger partial charge is 0.255 e. The van der Waals surface area contributed by atoms with Gasteiger partial charge in [0, 0.05) is 11.3 Å². The molecule has 0 spiro atoms. The number of sulfonamides is 1. The molecule has 0 aromatic heterocycles. The minimum Gasteiger partial charge on any atom is -0.322 e. The summed E-state index contributed by atoms with van der Waals surface area (Å²) in [4.78, 5) is 12.2. The molecule has 1 amide bonds. The van der Waals surface area contributed by atoms with E-state index in [1.54, 1.807) is 24.3 Å². The van der Waals surface area contributed by atoms with Crippen LogP contribution in [-0.4, -0.2) is 14.3 Å². The maximum absolute atomic E-state index is 12.2. The Morgan fingerprint density at radius 1 is 1.14 bits per heavy atom. The van der Waals surface area contributed by atoms with Crippen molar-refractivity contribution in [1.29, 1.82) is 5.26 Å². The van der Waals surface area contributed by atoms with E-state index in [0.717, 1.165) is 0 Å². The molecule has 0 saturated carbocycles. The van der Waals surface area contributed by atoms with Gasteiger partial charge in [-0.3, -0.25) is 4.79 Å². The van der Waals surface area contributed by atoms with Crippen LogP contribution in [-0.2, 0) is 16.4 Å². The SMILES string of the molecule is N#CCc1ccccc1C(=O)Nc1ccc(S(N)(=O)=O)cc1. The van der Waals surface area contributed by atoms with Gasteiger partial charge in [0.05, 0.1) is 17.4 Å². The van der Waals surface area contributed by atoms with E-state index in [1.807, 2.05) is 6.07 Å². The second-order valence-electron chi connectivity index (χ2n) is 4.52. The zero-order chi connectivity index (χ0) is 16.2. The van der Waals surface area contributed by atoms with Crippen LogP contribution in [0.3, 0.4) is 0 Å². The van der Waals surface area contributed by atoms with Gasteiger partial charge in [0.2, 0.25) is 10.0 Å². The van der Waals surface area contributed by atoms with Crippen molar-refractivity contribution < 1.29 is 13.2 Å². The van der Waals surface area contributed by atoms with Crippen LogP contribution >= 0.6 is 0 Å². The molecule has 112 valence electrons. The summed E-state index contributed by atoms with van der Waals surface area (Å²) in [5.74, 6) is -0.366. The van der Waals surface area contributed by atoms with Crippen molar-refractivity contribution >= 4 is 21.6 Å². The van der Waals surface area contributed by atoms with E-state index < -0.39 is 10.0 Å². The summed E-state index contributed by atoms with van der Waals surface area (Å²) in [6.07, 6.45) is 0.133. The summed E-state index contributed by atoms with van der Waals surface area (Å²) in [6.45, 7) is 0. The van der Waals surface area contributed by atoms with Crippen molar-refractivity contribution in [2.45, 2.75) is 11.3 Å². The zero-order valence-corrected chi connectivity index (χ0v) is 12.3. The van der Waals surface area contributed by atoms with Crippen LogP contribution < -0.4 is 10.5 Å². The van der Waals surface area contributed by atoms with E-state index in [9.17, 15) is 13.2 Å². The Morgan fingerprint density at radius 3 is 2.36 bits per heavy atom. The molecular weight excluding hydrogens is 302 g/mol. The first-order valence-corrected chi connectivity index (χ1v) is 7.85. The maximum atomic E-state index is 12.2. The van der Waals surface area contributed by atoms with Gasteiger partial charge >= 0.3 is 0 Å². The van der Waals surface area contributed by atoms with E-state index in [0.29, 0.717) is 16.8 Å². The number of nitrogens with zero attached hydrogens (tertiary/aromatic N) is 1. The number of nitrogens with two attached hydrogens (primary N) is 1. The standard InChI is InChI=1S/C15H13N3O3S/c16-10-9-11-3-1-2-4-14(11)15(19)18-12-5-7-13(8-6-12)22(17,20)21/h1-8H,9H2,(H,18,19)(H2,17,20,21). The molecule has 2 rings (SSSR count). The number of carbonyl (C=O) groups is 1. The summed E-state index contributed by atoms with van der Waals surface area (Å²) in [5, 5.41) is 16.4. The average Bonchev–Trinajstić information content (AvgIpc) is 2.47. The van der Waals surface area contributed by atoms with E-state index in [4.69, 9.17) is 10.4 Å². The summed E-state index contributed by atoms with van der Waals surface area (Å²) >= 11 is 0. The summed E-state index contributed by atoms with van der Waals surface area (Å²) in [7, 11) is -3.76. The summed E-state index contributed by atoms with van der Waals surface area (Å²) in [6, 6.07) is 14.3. The van der Waals surface area contributed by atoms with E-state index in [-0.39, 0.29) is 17.2 Å². The number of hydrogen-bond acceptors (Lipinski definition) is 4. The molecule has 0 fully saturated rings. The molecule has 7 heteroatoms. The van der Waals surface area contributed by atoms with Crippen molar-refractivity contribution in [3.05, 3.63) is 59.7 Å². The number of carbonyl (C=O) groups excluding carboxylic acids is 1. The Hall–Kier alpha value is -2.69. The van der Waals surface area contributed by atoms with Crippen molar-refractivity contribution in [2.75, 3.05) is 5.32 Å². The molecule has 22 heavy (non-hydrogen) atoms. The highest BCUT2D eigenvalue weighted by molar-refractivity contribution is 7.89. The second kappa shape index (κ2) is 6.39. The molecule has 2 aromatic carbocycles. The third kappa shape index (κ3) is 3.69. The van der Waals surface area contributed by atoms with Crippen molar-refractivity contribution in [1.82, 2.24) is 0 Å². The van der Waals surface area contributed by atoms with Gasteiger partial charge in [0.15, 0.2) is 0 Å². The van der Waals surface area contributed by atoms with Gasteiger partial charge in [-0.2, -0.15) is 5.26 Å². The monoisotopic (exact) mass is 315 g/mol. The van der Waals surface area contributed by atoms with Gasteiger partial charge in [-0.25, -0.2) is 13.6 Å². The Labute approximate surface area is 128 Å². The van der Waals surface area contributed by atoms with E-state index >= 15 is 0 Å². The fraction of sp³-hybridized carbons (Fsp3) is 0.0667. The number of rotatable bonds is 4. The topological polar surface area (TPSA) is 113 Å². The van der Waals surface area contributed by atoms with E-state index in [1.165, 1.54) is 24.3 Å². The lowest BCUT2D eigenvalue weighted by Crippen LogP contribution is -2.15. The summed E-state index contributed by atoms with van der Waals surface area (Å²) in [5.41, 5.74) is 1.47. The van der Waals surface area contributed by atoms with Gasteiger partial charge in [0.25, 0.3) is 5.91 Å². The molecule has 0 radical (unpaired) electrons. The first kappa shape index (κ1) is 15.7. The predicted molar refractivity (Wildman–Crippen MR) is 81.5 cm³/mol. The molecule has 3 N–H and O–H groups in total. The highest BCUT2D eigenvalue weighted by atomic mass is 32.2. The molecular formula is C15H13N3O3S. The Morgan fingerprint density at radius 2 is 1.77 bits per heavy atom. The lowest BCUT2D eigenvalue weighted by atomic mass is 10.0. The number of nitrogens with one attached hydrogen (secondary N) is 1. The normalized spacial score (nSPS) is 10.7. The molecule has 0 unspecified atom stereocenters. The molecule has 2 aromatic rings. The van der Waals surface area contributed by atoms with Crippen LogP contribution in [0.15, 0.2) is 53.4 Å². The highest BCUT2D eigenvalue weighted by Crippen LogP contribution is 2.16. The number of nitriles is 1. The van der Waals surface area contributed by atoms with Gasteiger partial charge in [-0.1, -0.05) is 18.2 Å². The zero-order valence-electron chi connectivity index (χ0n) is 11.5. The fourth-order valence-electron chi connectivity index (χ4n) is 1.91. The second-order valence-corrected chi connectivity index (χ2v) is 6.08. The molecule has 0 aliphatic rings. The molecule has 0 atom stereocenters. The van der Waals surface area contributed by atoms with Crippen LogP contribution in [0.2, 0.25) is 0 Å². The highest BCUT2D eigenvalue weighted by Gasteiger charge is 2.12. The Balaban J connectivity index is 2.21. The Kier molecular flexibility index (Phi) is 4.56. The molecule has 0 saturated heterocycles. The van der Waals surface area contributed by atoms with Gasteiger partial charge < -0.3 is 5.32 Å². The largest absolute Gasteiger partial charge is 0.322 e. The number of primary sulfonamides is 1. The minimum absolute atomic E-state index is 0.0321. The number of benzene rings is 2. The van der Waals surface area contributed by atoms with Crippen molar-refractivity contribution in [2.24, 2.45) is 5.14 Å². The van der Waals surface area contributed by atoms with Crippen LogP contribution in [0.25, 0.3) is 0 Å². The molecule has 6 nitrogen and oxygen atoms in total. The predicted octanol–water partition coefficient (Wildman–Crippen LogP) is 1.65. The van der Waals surface area contributed by atoms with Crippen molar-refractivity contribution in [3.63, 3.8) is 0 Å². The number of hydrogen-bond donors (Lipinski definition) is 2. The maximum Gasteiger partial charge on any atom is 0.255 e. The number of amides is 1. The Bertz CT molecular complexity index is 837.